The van der Waals surface area contributed by atoms with Crippen LogP contribution in [0.2, 0.25) is 0 Å². The van der Waals surface area contributed by atoms with Crippen molar-refractivity contribution in [1.82, 2.24) is 4.90 Å². The first-order valence-corrected chi connectivity index (χ1v) is 5.92. The molecule has 1 saturated heterocycles. The van der Waals surface area contributed by atoms with Crippen LogP contribution in [0.15, 0.2) is 35.4 Å². The highest BCUT2D eigenvalue weighted by atomic mass is 16.6. The summed E-state index contributed by atoms with van der Waals surface area (Å²) in [4.78, 5) is 15.7. The fraction of sp³-hybridized carbons (Fsp3) is 0.417. The monoisotopic (exact) mass is 262 g/mol. The summed E-state index contributed by atoms with van der Waals surface area (Å²) < 4.78 is 5.13. The molecule has 1 aliphatic heterocycles. The van der Waals surface area contributed by atoms with Crippen LogP contribution in [0.1, 0.15) is 12.0 Å². The summed E-state index contributed by atoms with van der Waals surface area (Å²) in [6.45, 7) is 0.466. The van der Waals surface area contributed by atoms with Crippen LogP contribution in [0.3, 0.4) is 0 Å². The van der Waals surface area contributed by atoms with Crippen molar-refractivity contribution in [2.24, 2.45) is 5.11 Å². The van der Waals surface area contributed by atoms with Gasteiger partial charge in [0.2, 0.25) is 0 Å². The van der Waals surface area contributed by atoms with Crippen LogP contribution < -0.4 is 0 Å². The zero-order valence-electron chi connectivity index (χ0n) is 10.2. The highest BCUT2D eigenvalue weighted by Gasteiger charge is 2.36. The number of ether oxygens (including phenoxy) is 1. The van der Waals surface area contributed by atoms with Crippen LogP contribution in [0.25, 0.3) is 10.4 Å². The van der Waals surface area contributed by atoms with E-state index < -0.39 is 18.4 Å². The first-order chi connectivity index (χ1) is 9.22. The first-order valence-electron chi connectivity index (χ1n) is 5.92. The number of hydrogen-bond acceptors (Lipinski definition) is 4. The number of azide groups is 1. The van der Waals surface area contributed by atoms with Gasteiger partial charge in [0.25, 0.3) is 0 Å². The van der Waals surface area contributed by atoms with Gasteiger partial charge in [-0.2, -0.15) is 0 Å². The Hall–Kier alpha value is -2.24. The van der Waals surface area contributed by atoms with Gasteiger partial charge in [-0.1, -0.05) is 35.4 Å². The Labute approximate surface area is 110 Å². The lowest BCUT2D eigenvalue weighted by Crippen LogP contribution is -2.38. The SMILES string of the molecule is [N-]=[N+]=NC1C(O)CCN1C(=O)OCc1ccccc1. The van der Waals surface area contributed by atoms with E-state index in [1.54, 1.807) is 0 Å². The topological polar surface area (TPSA) is 98.5 Å². The standard InChI is InChI=1S/C12H14N4O3/c13-15-14-11-10(17)6-7-16(11)12(18)19-8-9-4-2-1-3-5-9/h1-5,10-11,17H,6-8H2. The number of amides is 1. The van der Waals surface area contributed by atoms with Crippen LogP contribution in [0, 0.1) is 0 Å². The molecule has 100 valence electrons. The van der Waals surface area contributed by atoms with Crippen LogP contribution in [0.5, 0.6) is 0 Å². The summed E-state index contributed by atoms with van der Waals surface area (Å²) in [5.41, 5.74) is 9.29. The molecule has 0 radical (unpaired) electrons. The molecule has 0 bridgehead atoms. The maximum absolute atomic E-state index is 11.9. The number of aliphatic hydroxyl groups is 1. The van der Waals surface area contributed by atoms with Crippen molar-refractivity contribution in [2.45, 2.75) is 25.3 Å². The minimum Gasteiger partial charge on any atom is -0.445 e. The molecule has 7 heteroatoms. The number of hydrogen-bond donors (Lipinski definition) is 1. The van der Waals surface area contributed by atoms with E-state index in [-0.39, 0.29) is 6.61 Å². The molecule has 2 rings (SSSR count). The van der Waals surface area contributed by atoms with E-state index in [9.17, 15) is 9.90 Å². The molecule has 1 heterocycles. The number of aliphatic hydroxyl groups excluding tert-OH is 1. The highest BCUT2D eigenvalue weighted by molar-refractivity contribution is 5.68. The zero-order chi connectivity index (χ0) is 13.7. The Balaban J connectivity index is 1.94. The summed E-state index contributed by atoms with van der Waals surface area (Å²) in [6, 6.07) is 9.27. The minimum atomic E-state index is -0.881. The minimum absolute atomic E-state index is 0.148. The average Bonchev–Trinajstić information content (AvgIpc) is 2.80. The predicted molar refractivity (Wildman–Crippen MR) is 66.9 cm³/mol. The molecule has 0 spiro atoms. The van der Waals surface area contributed by atoms with Crippen molar-refractivity contribution in [1.29, 1.82) is 0 Å². The Morgan fingerprint density at radius 1 is 1.53 bits per heavy atom. The van der Waals surface area contributed by atoms with Crippen molar-refractivity contribution in [3.63, 3.8) is 0 Å². The number of benzene rings is 1. The number of rotatable bonds is 3. The van der Waals surface area contributed by atoms with Crippen LogP contribution >= 0.6 is 0 Å². The molecule has 19 heavy (non-hydrogen) atoms. The molecular formula is C12H14N4O3. The molecule has 7 nitrogen and oxygen atoms in total. The maximum Gasteiger partial charge on any atom is 0.410 e. The third-order valence-corrected chi connectivity index (χ3v) is 2.94. The number of likely N-dealkylation sites (tertiary alicyclic amines) is 1. The van der Waals surface area contributed by atoms with E-state index in [0.29, 0.717) is 13.0 Å². The molecule has 2 unspecified atom stereocenters. The lowest BCUT2D eigenvalue weighted by atomic mass is 10.2. The first kappa shape index (κ1) is 13.2. The van der Waals surface area contributed by atoms with Crippen LogP contribution in [-0.2, 0) is 11.3 Å². The maximum atomic E-state index is 11.9. The van der Waals surface area contributed by atoms with Crippen molar-refractivity contribution in [2.75, 3.05) is 6.54 Å². The molecule has 1 amide bonds. The molecule has 2 atom stereocenters. The summed E-state index contributed by atoms with van der Waals surface area (Å²) >= 11 is 0. The van der Waals surface area contributed by atoms with Gasteiger partial charge in [0.1, 0.15) is 12.8 Å². The van der Waals surface area contributed by atoms with E-state index in [1.807, 2.05) is 30.3 Å². The van der Waals surface area contributed by atoms with E-state index in [0.717, 1.165) is 5.56 Å². The van der Waals surface area contributed by atoms with Gasteiger partial charge < -0.3 is 9.84 Å². The van der Waals surface area contributed by atoms with E-state index in [2.05, 4.69) is 10.0 Å². The average molecular weight is 262 g/mol. The van der Waals surface area contributed by atoms with Crippen molar-refractivity contribution < 1.29 is 14.6 Å². The van der Waals surface area contributed by atoms with Crippen LogP contribution in [-0.4, -0.2) is 34.9 Å². The second-order valence-electron chi connectivity index (χ2n) is 4.21. The Morgan fingerprint density at radius 2 is 2.26 bits per heavy atom. The van der Waals surface area contributed by atoms with Gasteiger partial charge >= 0.3 is 6.09 Å². The smallest absolute Gasteiger partial charge is 0.410 e. The van der Waals surface area contributed by atoms with Gasteiger partial charge in [-0.15, -0.1) is 0 Å². The zero-order valence-corrected chi connectivity index (χ0v) is 10.2. The third kappa shape index (κ3) is 3.15. The molecule has 1 aromatic carbocycles. The largest absolute Gasteiger partial charge is 0.445 e. The molecule has 1 aromatic rings. The normalized spacial score (nSPS) is 21.8. The Kier molecular flexibility index (Phi) is 4.22. The van der Waals surface area contributed by atoms with E-state index in [1.165, 1.54) is 4.90 Å². The highest BCUT2D eigenvalue weighted by Crippen LogP contribution is 2.20. The van der Waals surface area contributed by atoms with Gasteiger partial charge in [-0.25, -0.2) is 4.79 Å². The fourth-order valence-corrected chi connectivity index (χ4v) is 1.95. The number of nitrogens with zero attached hydrogens (tertiary/aromatic N) is 4. The molecule has 0 saturated carbocycles. The van der Waals surface area contributed by atoms with Crippen LogP contribution in [0.4, 0.5) is 4.79 Å². The Bertz CT molecular complexity index is 487. The second-order valence-corrected chi connectivity index (χ2v) is 4.21. The number of carbonyl (C=O) groups excluding carboxylic acids is 1. The van der Waals surface area contributed by atoms with Crippen molar-refractivity contribution in [3.8, 4) is 0 Å². The third-order valence-electron chi connectivity index (χ3n) is 2.94. The summed E-state index contributed by atoms with van der Waals surface area (Å²) in [5, 5.41) is 13.0. The molecule has 1 N–H and O–H groups in total. The van der Waals surface area contributed by atoms with E-state index in [4.69, 9.17) is 10.3 Å². The lowest BCUT2D eigenvalue weighted by molar-refractivity contribution is 0.0736. The quantitative estimate of drug-likeness (QED) is 0.512. The predicted octanol–water partition coefficient (Wildman–Crippen LogP) is 2.03. The Morgan fingerprint density at radius 3 is 2.95 bits per heavy atom. The molecule has 1 fully saturated rings. The van der Waals surface area contributed by atoms with Crippen molar-refractivity contribution in [3.05, 3.63) is 46.3 Å². The lowest BCUT2D eigenvalue weighted by Gasteiger charge is -2.21. The fourth-order valence-electron chi connectivity index (χ4n) is 1.95. The molecule has 1 aliphatic rings. The summed E-state index contributed by atoms with van der Waals surface area (Å²) in [5.74, 6) is 0. The number of carbonyl (C=O) groups is 1. The summed E-state index contributed by atoms with van der Waals surface area (Å²) in [6.07, 6.45) is -1.92. The molecule has 0 aliphatic carbocycles. The van der Waals surface area contributed by atoms with E-state index >= 15 is 0 Å². The molecule has 0 aromatic heterocycles. The van der Waals surface area contributed by atoms with Gasteiger partial charge in [0, 0.05) is 11.5 Å². The van der Waals surface area contributed by atoms with Crippen molar-refractivity contribution >= 4 is 6.09 Å². The molecular weight excluding hydrogens is 248 g/mol. The van der Waals surface area contributed by atoms with Gasteiger partial charge in [0.15, 0.2) is 0 Å². The van der Waals surface area contributed by atoms with Gasteiger partial charge in [-0.3, -0.25) is 4.90 Å². The second kappa shape index (κ2) is 6.08. The summed E-state index contributed by atoms with van der Waals surface area (Å²) in [7, 11) is 0. The van der Waals surface area contributed by atoms with Gasteiger partial charge in [-0.05, 0) is 17.5 Å². The van der Waals surface area contributed by atoms with Gasteiger partial charge in [0.05, 0.1) is 6.10 Å².